The Morgan fingerprint density at radius 2 is 1.64 bits per heavy atom. The minimum atomic E-state index is -3.87. The van der Waals surface area contributed by atoms with Gasteiger partial charge in [0.15, 0.2) is 15.7 Å². The number of carbonyl (C=O) groups is 1. The Morgan fingerprint density at radius 3 is 2.12 bits per heavy atom. The zero-order chi connectivity index (χ0) is 19.0. The standard InChI is InChI=1S/C18H24N2O4S/c1-12-7-9-13(10-8-12)25(22,23)18(5,6)16(21)19-15-11-14(24-20-15)17(2,3)4/h7-11H,1-6H3,(H,19,20,21). The molecule has 2 aromatic rings. The maximum absolute atomic E-state index is 12.9. The second kappa shape index (κ2) is 6.29. The van der Waals surface area contributed by atoms with Gasteiger partial charge in [-0.1, -0.05) is 43.6 Å². The van der Waals surface area contributed by atoms with E-state index < -0.39 is 20.5 Å². The summed E-state index contributed by atoms with van der Waals surface area (Å²) in [6, 6.07) is 8.02. The zero-order valence-electron chi connectivity index (χ0n) is 15.4. The Hall–Kier alpha value is -2.15. The fourth-order valence-electron chi connectivity index (χ4n) is 2.09. The van der Waals surface area contributed by atoms with Crippen LogP contribution >= 0.6 is 0 Å². The third-order valence-corrected chi connectivity index (χ3v) is 6.46. The molecule has 0 saturated heterocycles. The molecule has 2 rings (SSSR count). The third-order valence-electron chi connectivity index (χ3n) is 4.04. The lowest BCUT2D eigenvalue weighted by molar-refractivity contribution is -0.117. The van der Waals surface area contributed by atoms with Crippen molar-refractivity contribution in [3.8, 4) is 0 Å². The summed E-state index contributed by atoms with van der Waals surface area (Å²) in [6.45, 7) is 10.5. The first-order valence-electron chi connectivity index (χ1n) is 7.95. The number of aromatic nitrogens is 1. The van der Waals surface area contributed by atoms with Gasteiger partial charge in [0.05, 0.1) is 4.90 Å². The van der Waals surface area contributed by atoms with Gasteiger partial charge in [0, 0.05) is 11.5 Å². The SMILES string of the molecule is Cc1ccc(S(=O)(=O)C(C)(C)C(=O)Nc2cc(C(C)(C)C)on2)cc1. The van der Waals surface area contributed by atoms with Crippen LogP contribution < -0.4 is 5.32 Å². The van der Waals surface area contributed by atoms with Crippen molar-refractivity contribution < 1.29 is 17.7 Å². The van der Waals surface area contributed by atoms with Crippen LogP contribution in [-0.4, -0.2) is 24.2 Å². The number of anilines is 1. The summed E-state index contributed by atoms with van der Waals surface area (Å²) < 4.78 is 29.3. The van der Waals surface area contributed by atoms with E-state index in [4.69, 9.17) is 4.52 Å². The van der Waals surface area contributed by atoms with Crippen molar-refractivity contribution in [2.75, 3.05) is 5.32 Å². The number of carbonyl (C=O) groups excluding carboxylic acids is 1. The van der Waals surface area contributed by atoms with Gasteiger partial charge in [-0.2, -0.15) is 0 Å². The number of amides is 1. The molecule has 1 heterocycles. The molecule has 0 fully saturated rings. The smallest absolute Gasteiger partial charge is 0.246 e. The number of sulfone groups is 1. The van der Waals surface area contributed by atoms with Crippen LogP contribution in [0.2, 0.25) is 0 Å². The summed E-state index contributed by atoms with van der Waals surface area (Å²) in [5.41, 5.74) is 0.679. The molecule has 136 valence electrons. The van der Waals surface area contributed by atoms with Crippen LogP contribution in [0.4, 0.5) is 5.82 Å². The quantitative estimate of drug-likeness (QED) is 0.897. The fourth-order valence-corrected chi connectivity index (χ4v) is 3.47. The first kappa shape index (κ1) is 19.2. The Bertz CT molecular complexity index is 873. The van der Waals surface area contributed by atoms with Gasteiger partial charge in [-0.3, -0.25) is 4.79 Å². The van der Waals surface area contributed by atoms with Crippen LogP contribution in [0, 0.1) is 6.92 Å². The molecule has 1 amide bonds. The van der Waals surface area contributed by atoms with Crippen LogP contribution in [0.3, 0.4) is 0 Å². The predicted octanol–water partition coefficient (Wildman–Crippen LogP) is 3.47. The van der Waals surface area contributed by atoms with Crippen LogP contribution in [-0.2, 0) is 20.0 Å². The molecule has 0 saturated carbocycles. The van der Waals surface area contributed by atoms with E-state index in [2.05, 4.69) is 10.5 Å². The highest BCUT2D eigenvalue weighted by Gasteiger charge is 2.43. The van der Waals surface area contributed by atoms with Gasteiger partial charge >= 0.3 is 0 Å². The minimum absolute atomic E-state index is 0.105. The number of nitrogens with zero attached hydrogens (tertiary/aromatic N) is 1. The maximum Gasteiger partial charge on any atom is 0.246 e. The summed E-state index contributed by atoms with van der Waals surface area (Å²) in [5, 5.41) is 6.34. The second-order valence-corrected chi connectivity index (χ2v) is 10.1. The van der Waals surface area contributed by atoms with Gasteiger partial charge in [-0.25, -0.2) is 8.42 Å². The molecule has 6 nitrogen and oxygen atoms in total. The largest absolute Gasteiger partial charge is 0.359 e. The van der Waals surface area contributed by atoms with Crippen molar-refractivity contribution in [2.45, 2.75) is 56.6 Å². The first-order chi connectivity index (χ1) is 11.4. The second-order valence-electron chi connectivity index (χ2n) is 7.61. The van der Waals surface area contributed by atoms with Gasteiger partial charge in [0.2, 0.25) is 5.91 Å². The number of hydrogen-bond donors (Lipinski definition) is 1. The molecule has 0 radical (unpaired) electrons. The molecule has 0 bridgehead atoms. The highest BCUT2D eigenvalue weighted by Crippen LogP contribution is 2.28. The summed E-state index contributed by atoms with van der Waals surface area (Å²) in [5.74, 6) is 0.130. The topological polar surface area (TPSA) is 89.3 Å². The third kappa shape index (κ3) is 3.76. The minimum Gasteiger partial charge on any atom is -0.359 e. The van der Waals surface area contributed by atoms with E-state index in [1.54, 1.807) is 18.2 Å². The average Bonchev–Trinajstić information content (AvgIpc) is 2.96. The van der Waals surface area contributed by atoms with Crippen molar-refractivity contribution in [3.05, 3.63) is 41.7 Å². The Morgan fingerprint density at radius 1 is 1.08 bits per heavy atom. The van der Waals surface area contributed by atoms with Gasteiger partial charge in [-0.05, 0) is 32.9 Å². The van der Waals surface area contributed by atoms with Crippen molar-refractivity contribution in [2.24, 2.45) is 0 Å². The summed E-state index contributed by atoms with van der Waals surface area (Å²) in [4.78, 5) is 12.7. The zero-order valence-corrected chi connectivity index (χ0v) is 16.2. The molecule has 1 N–H and O–H groups in total. The van der Waals surface area contributed by atoms with Crippen molar-refractivity contribution in [1.82, 2.24) is 5.16 Å². The summed E-state index contributed by atoms with van der Waals surface area (Å²) >= 11 is 0. The lowest BCUT2D eigenvalue weighted by Gasteiger charge is -2.23. The van der Waals surface area contributed by atoms with Crippen LogP contribution in [0.25, 0.3) is 0 Å². The van der Waals surface area contributed by atoms with Crippen molar-refractivity contribution in [1.29, 1.82) is 0 Å². The number of aryl methyl sites for hydroxylation is 1. The van der Waals surface area contributed by atoms with E-state index in [-0.39, 0.29) is 16.1 Å². The molecule has 1 aromatic heterocycles. The molecule has 0 aliphatic heterocycles. The van der Waals surface area contributed by atoms with E-state index >= 15 is 0 Å². The number of nitrogens with one attached hydrogen (secondary N) is 1. The van der Waals surface area contributed by atoms with E-state index in [1.165, 1.54) is 26.0 Å². The van der Waals surface area contributed by atoms with Crippen molar-refractivity contribution >= 4 is 21.6 Å². The predicted molar refractivity (Wildman–Crippen MR) is 96.3 cm³/mol. The maximum atomic E-state index is 12.9. The molecule has 0 unspecified atom stereocenters. The van der Waals surface area contributed by atoms with Crippen molar-refractivity contribution in [3.63, 3.8) is 0 Å². The van der Waals surface area contributed by atoms with Crippen LogP contribution in [0.15, 0.2) is 39.8 Å². The monoisotopic (exact) mass is 364 g/mol. The highest BCUT2D eigenvalue weighted by molar-refractivity contribution is 7.93. The Labute approximate surface area is 148 Å². The van der Waals surface area contributed by atoms with Crippen LogP contribution in [0.1, 0.15) is 45.9 Å². The molecule has 0 atom stereocenters. The molecule has 25 heavy (non-hydrogen) atoms. The van der Waals surface area contributed by atoms with E-state index in [0.29, 0.717) is 5.76 Å². The Kier molecular flexibility index (Phi) is 4.83. The summed E-state index contributed by atoms with van der Waals surface area (Å²) in [6.07, 6.45) is 0. The van der Waals surface area contributed by atoms with Gasteiger partial charge in [0.1, 0.15) is 10.5 Å². The average molecular weight is 364 g/mol. The van der Waals surface area contributed by atoms with E-state index in [0.717, 1.165) is 5.56 Å². The lowest BCUT2D eigenvalue weighted by atomic mass is 9.93. The fraction of sp³-hybridized carbons (Fsp3) is 0.444. The number of benzene rings is 1. The van der Waals surface area contributed by atoms with Gasteiger partial charge < -0.3 is 9.84 Å². The number of rotatable bonds is 4. The molecule has 0 spiro atoms. The first-order valence-corrected chi connectivity index (χ1v) is 9.44. The van der Waals surface area contributed by atoms with E-state index in [9.17, 15) is 13.2 Å². The normalized spacial score (nSPS) is 12.9. The molecule has 0 aliphatic carbocycles. The van der Waals surface area contributed by atoms with E-state index in [1.807, 2.05) is 27.7 Å². The lowest BCUT2D eigenvalue weighted by Crippen LogP contribution is -2.44. The van der Waals surface area contributed by atoms with Crippen LogP contribution in [0.5, 0.6) is 0 Å². The molecular formula is C18H24N2O4S. The molecule has 0 aliphatic rings. The summed E-state index contributed by atoms with van der Waals surface area (Å²) in [7, 11) is -3.87. The van der Waals surface area contributed by atoms with Gasteiger partial charge in [-0.15, -0.1) is 0 Å². The molecule has 7 heteroatoms. The van der Waals surface area contributed by atoms with Gasteiger partial charge in [0.25, 0.3) is 0 Å². The number of hydrogen-bond acceptors (Lipinski definition) is 5. The highest BCUT2D eigenvalue weighted by atomic mass is 32.2. The Balaban J connectivity index is 2.27. The molecular weight excluding hydrogens is 340 g/mol. The molecule has 1 aromatic carbocycles.